The third-order valence-electron chi connectivity index (χ3n) is 4.61. The molecule has 1 aromatic heterocycles. The van der Waals surface area contributed by atoms with Gasteiger partial charge < -0.3 is 10.0 Å². The fourth-order valence-corrected chi connectivity index (χ4v) is 4.33. The average Bonchev–Trinajstić information content (AvgIpc) is 3.04. The average molecular weight is 328 g/mol. The molecular weight excluding hydrogens is 310 g/mol. The summed E-state index contributed by atoms with van der Waals surface area (Å²) in [6.07, 6.45) is 2.21. The fraction of sp³-hybridized carbons (Fsp3) is 0.600. The maximum atomic E-state index is 12.6. The number of halogens is 1. The summed E-state index contributed by atoms with van der Waals surface area (Å²) in [5, 5.41) is 9.37. The van der Waals surface area contributed by atoms with Gasteiger partial charge in [-0.05, 0) is 43.7 Å². The highest BCUT2D eigenvalue weighted by atomic mass is 35.5. The first-order chi connectivity index (χ1) is 9.97. The number of rotatable bonds is 4. The summed E-state index contributed by atoms with van der Waals surface area (Å²) in [6.45, 7) is 2.80. The highest BCUT2D eigenvalue weighted by Gasteiger charge is 2.47. The number of carboxylic acid groups (broad SMARTS) is 1. The van der Waals surface area contributed by atoms with Crippen LogP contribution in [0.2, 0.25) is 4.34 Å². The Hall–Kier alpha value is -1.07. The number of thiophene rings is 1. The zero-order valence-corrected chi connectivity index (χ0v) is 13.4. The normalized spacial score (nSPS) is 26.9. The molecule has 1 amide bonds. The van der Waals surface area contributed by atoms with Crippen molar-refractivity contribution in [2.75, 3.05) is 13.1 Å². The number of hydrogen-bond donors (Lipinski definition) is 1. The SMILES string of the molecule is CC(C(=O)N1C[C@H](C(=O)O)[C@@H](C2CC2)C1)c1ccc(Cl)s1. The van der Waals surface area contributed by atoms with Gasteiger partial charge in [-0.2, -0.15) is 0 Å². The summed E-state index contributed by atoms with van der Waals surface area (Å²) in [5.74, 6) is -0.784. The van der Waals surface area contributed by atoms with E-state index in [4.69, 9.17) is 11.6 Å². The van der Waals surface area contributed by atoms with E-state index in [1.165, 1.54) is 11.3 Å². The molecule has 1 unspecified atom stereocenters. The van der Waals surface area contributed by atoms with Crippen molar-refractivity contribution in [3.05, 3.63) is 21.3 Å². The molecule has 6 heteroatoms. The molecule has 1 saturated carbocycles. The lowest BCUT2D eigenvalue weighted by Gasteiger charge is -2.20. The smallest absolute Gasteiger partial charge is 0.308 e. The first-order valence-electron chi connectivity index (χ1n) is 7.24. The summed E-state index contributed by atoms with van der Waals surface area (Å²) in [4.78, 5) is 26.7. The monoisotopic (exact) mass is 327 g/mol. The first-order valence-corrected chi connectivity index (χ1v) is 8.43. The highest BCUT2D eigenvalue weighted by molar-refractivity contribution is 7.16. The number of carbonyl (C=O) groups is 2. The number of carboxylic acids is 1. The van der Waals surface area contributed by atoms with Crippen LogP contribution in [0.1, 0.15) is 30.6 Å². The molecule has 114 valence electrons. The molecule has 1 aliphatic heterocycles. The predicted molar refractivity (Wildman–Crippen MR) is 81.7 cm³/mol. The van der Waals surface area contributed by atoms with Crippen LogP contribution >= 0.6 is 22.9 Å². The lowest BCUT2D eigenvalue weighted by atomic mass is 9.92. The summed E-state index contributed by atoms with van der Waals surface area (Å²) in [5.41, 5.74) is 0. The van der Waals surface area contributed by atoms with E-state index >= 15 is 0 Å². The van der Waals surface area contributed by atoms with Gasteiger partial charge in [0.2, 0.25) is 5.91 Å². The molecule has 0 aromatic carbocycles. The van der Waals surface area contributed by atoms with Gasteiger partial charge in [-0.3, -0.25) is 9.59 Å². The van der Waals surface area contributed by atoms with Crippen LogP contribution in [0.15, 0.2) is 12.1 Å². The Bertz CT molecular complexity index is 569. The molecule has 0 spiro atoms. The summed E-state index contributed by atoms with van der Waals surface area (Å²) in [6, 6.07) is 3.67. The molecule has 3 rings (SSSR count). The van der Waals surface area contributed by atoms with Crippen molar-refractivity contribution < 1.29 is 14.7 Å². The van der Waals surface area contributed by atoms with Crippen molar-refractivity contribution in [2.24, 2.45) is 17.8 Å². The van der Waals surface area contributed by atoms with Gasteiger partial charge in [0, 0.05) is 18.0 Å². The van der Waals surface area contributed by atoms with Crippen molar-refractivity contribution in [2.45, 2.75) is 25.7 Å². The van der Waals surface area contributed by atoms with Crippen LogP contribution in [0.5, 0.6) is 0 Å². The lowest BCUT2D eigenvalue weighted by Crippen LogP contribution is -2.33. The van der Waals surface area contributed by atoms with E-state index in [-0.39, 0.29) is 17.7 Å². The van der Waals surface area contributed by atoms with Crippen LogP contribution in [0, 0.1) is 17.8 Å². The number of hydrogen-bond acceptors (Lipinski definition) is 3. The maximum Gasteiger partial charge on any atom is 0.308 e. The second-order valence-electron chi connectivity index (χ2n) is 6.05. The topological polar surface area (TPSA) is 57.6 Å². The van der Waals surface area contributed by atoms with E-state index in [1.807, 2.05) is 13.0 Å². The largest absolute Gasteiger partial charge is 0.481 e. The minimum atomic E-state index is -0.769. The Morgan fingerprint density at radius 2 is 2.10 bits per heavy atom. The van der Waals surface area contributed by atoms with Crippen molar-refractivity contribution in [3.63, 3.8) is 0 Å². The van der Waals surface area contributed by atoms with Gasteiger partial charge in [-0.1, -0.05) is 11.6 Å². The highest BCUT2D eigenvalue weighted by Crippen LogP contribution is 2.44. The zero-order valence-electron chi connectivity index (χ0n) is 11.8. The minimum Gasteiger partial charge on any atom is -0.481 e. The van der Waals surface area contributed by atoms with Gasteiger partial charge in [-0.15, -0.1) is 11.3 Å². The Labute approximate surface area is 132 Å². The van der Waals surface area contributed by atoms with E-state index in [0.29, 0.717) is 23.3 Å². The molecule has 21 heavy (non-hydrogen) atoms. The molecule has 1 N–H and O–H groups in total. The Morgan fingerprint density at radius 1 is 1.38 bits per heavy atom. The number of carbonyl (C=O) groups excluding carboxylic acids is 1. The molecule has 1 aliphatic carbocycles. The molecular formula is C15H18ClNO3S. The molecule has 0 radical (unpaired) electrons. The van der Waals surface area contributed by atoms with Crippen LogP contribution in [0.4, 0.5) is 0 Å². The molecule has 2 aliphatic rings. The van der Waals surface area contributed by atoms with Crippen molar-refractivity contribution in [1.29, 1.82) is 0 Å². The van der Waals surface area contributed by atoms with E-state index in [2.05, 4.69) is 0 Å². The van der Waals surface area contributed by atoms with E-state index in [1.54, 1.807) is 11.0 Å². The molecule has 0 bridgehead atoms. The summed E-state index contributed by atoms with van der Waals surface area (Å²) in [7, 11) is 0. The Kier molecular flexibility index (Phi) is 3.97. The van der Waals surface area contributed by atoms with Gasteiger partial charge >= 0.3 is 5.97 Å². The lowest BCUT2D eigenvalue weighted by molar-refractivity contribution is -0.142. The number of likely N-dealkylation sites (tertiary alicyclic amines) is 1. The second-order valence-corrected chi connectivity index (χ2v) is 7.80. The Morgan fingerprint density at radius 3 is 2.62 bits per heavy atom. The third-order valence-corrected chi connectivity index (χ3v) is 6.03. The van der Waals surface area contributed by atoms with E-state index in [9.17, 15) is 14.7 Å². The number of amides is 1. The van der Waals surface area contributed by atoms with Crippen LogP contribution in [0.25, 0.3) is 0 Å². The Balaban J connectivity index is 1.71. The van der Waals surface area contributed by atoms with Crippen LogP contribution in [-0.4, -0.2) is 35.0 Å². The standard InChI is InChI=1S/C15H18ClNO3S/c1-8(12-4-5-13(16)21-12)14(18)17-6-10(9-2-3-9)11(7-17)15(19)20/h4-5,8-11H,2-3,6-7H2,1H3,(H,19,20)/t8?,10-,11+/m1/s1. The van der Waals surface area contributed by atoms with Gasteiger partial charge in [0.15, 0.2) is 0 Å². The van der Waals surface area contributed by atoms with Gasteiger partial charge in [0.05, 0.1) is 16.2 Å². The van der Waals surface area contributed by atoms with E-state index in [0.717, 1.165) is 17.7 Å². The minimum absolute atomic E-state index is 0.0166. The maximum absolute atomic E-state index is 12.6. The summed E-state index contributed by atoms with van der Waals surface area (Å²) < 4.78 is 0.672. The van der Waals surface area contributed by atoms with Gasteiger partial charge in [0.1, 0.15) is 0 Å². The summed E-state index contributed by atoms with van der Waals surface area (Å²) >= 11 is 7.33. The molecule has 4 nitrogen and oxygen atoms in total. The van der Waals surface area contributed by atoms with Crippen molar-refractivity contribution in [1.82, 2.24) is 4.90 Å². The third kappa shape index (κ3) is 2.94. The van der Waals surface area contributed by atoms with Crippen LogP contribution in [0.3, 0.4) is 0 Å². The van der Waals surface area contributed by atoms with Crippen molar-refractivity contribution >= 4 is 34.8 Å². The van der Waals surface area contributed by atoms with Crippen LogP contribution < -0.4 is 0 Å². The number of nitrogens with zero attached hydrogens (tertiary/aromatic N) is 1. The number of aliphatic carboxylic acids is 1. The zero-order chi connectivity index (χ0) is 15.1. The predicted octanol–water partition coefficient (Wildman–Crippen LogP) is 3.07. The molecule has 2 fully saturated rings. The van der Waals surface area contributed by atoms with Gasteiger partial charge in [0.25, 0.3) is 0 Å². The quantitative estimate of drug-likeness (QED) is 0.924. The molecule has 2 heterocycles. The second kappa shape index (κ2) is 5.61. The molecule has 1 aromatic rings. The molecule has 1 saturated heterocycles. The van der Waals surface area contributed by atoms with Crippen molar-refractivity contribution in [3.8, 4) is 0 Å². The van der Waals surface area contributed by atoms with Crippen LogP contribution in [-0.2, 0) is 9.59 Å². The molecule has 3 atom stereocenters. The van der Waals surface area contributed by atoms with E-state index < -0.39 is 11.9 Å². The van der Waals surface area contributed by atoms with Gasteiger partial charge in [-0.25, -0.2) is 0 Å². The first kappa shape index (κ1) is 14.9. The fourth-order valence-electron chi connectivity index (χ4n) is 3.23.